The average molecular weight is 318 g/mol. The molecule has 0 heterocycles. The summed E-state index contributed by atoms with van der Waals surface area (Å²) in [6.45, 7) is 1.94. The van der Waals surface area contributed by atoms with E-state index in [2.05, 4.69) is 0 Å². The molecular formula is C17H22N2O2S. The number of rotatable bonds is 5. The first-order valence-corrected chi connectivity index (χ1v) is 8.64. The third kappa shape index (κ3) is 3.38. The lowest BCUT2D eigenvalue weighted by Gasteiger charge is -2.28. The maximum atomic E-state index is 12.5. The molecule has 2 aromatic rings. The van der Waals surface area contributed by atoms with Crippen LogP contribution in [0.5, 0.6) is 0 Å². The zero-order valence-corrected chi connectivity index (χ0v) is 13.9. The topological polar surface area (TPSA) is 63.4 Å². The maximum Gasteiger partial charge on any atom is 0.206 e. The Hall–Kier alpha value is -1.69. The summed E-state index contributed by atoms with van der Waals surface area (Å²) >= 11 is 0. The largest absolute Gasteiger partial charge is 0.326 e. The number of sulfone groups is 1. The highest BCUT2D eigenvalue weighted by Gasteiger charge is 2.21. The van der Waals surface area contributed by atoms with Crippen molar-refractivity contribution in [2.75, 3.05) is 14.1 Å². The second kappa shape index (κ2) is 6.60. The fourth-order valence-corrected chi connectivity index (χ4v) is 3.93. The Morgan fingerprint density at radius 1 is 0.909 bits per heavy atom. The van der Waals surface area contributed by atoms with Crippen LogP contribution in [0.2, 0.25) is 0 Å². The van der Waals surface area contributed by atoms with Gasteiger partial charge < -0.3 is 10.6 Å². The van der Waals surface area contributed by atoms with E-state index < -0.39 is 9.84 Å². The minimum absolute atomic E-state index is 0.0495. The summed E-state index contributed by atoms with van der Waals surface area (Å²) in [5.41, 5.74) is 7.03. The van der Waals surface area contributed by atoms with Gasteiger partial charge in [-0.05, 0) is 50.8 Å². The first-order valence-electron chi connectivity index (χ1n) is 7.16. The van der Waals surface area contributed by atoms with Gasteiger partial charge in [0.2, 0.25) is 9.84 Å². The third-order valence-corrected chi connectivity index (χ3v) is 5.43. The van der Waals surface area contributed by atoms with Crippen molar-refractivity contribution in [3.05, 3.63) is 60.2 Å². The van der Waals surface area contributed by atoms with Crippen LogP contribution in [0.15, 0.2) is 64.4 Å². The molecule has 0 aliphatic rings. The van der Waals surface area contributed by atoms with Crippen LogP contribution in [0, 0.1) is 0 Å². The number of likely N-dealkylation sites (N-methyl/N-ethyl adjacent to an activating group) is 1. The molecule has 0 bridgehead atoms. The van der Waals surface area contributed by atoms with Crippen LogP contribution in [-0.2, 0) is 9.84 Å². The van der Waals surface area contributed by atoms with Gasteiger partial charge in [0.05, 0.1) is 9.79 Å². The van der Waals surface area contributed by atoms with Crippen molar-refractivity contribution in [3.8, 4) is 0 Å². The molecular weight excluding hydrogens is 296 g/mol. The van der Waals surface area contributed by atoms with Gasteiger partial charge in [-0.2, -0.15) is 0 Å². The molecule has 22 heavy (non-hydrogen) atoms. The Labute approximate surface area is 132 Å². The molecule has 2 atom stereocenters. The summed E-state index contributed by atoms with van der Waals surface area (Å²) < 4.78 is 25.1. The Bertz CT molecular complexity index is 700. The van der Waals surface area contributed by atoms with Gasteiger partial charge in [0.25, 0.3) is 0 Å². The van der Waals surface area contributed by atoms with Crippen LogP contribution in [0.4, 0.5) is 0 Å². The average Bonchev–Trinajstić information content (AvgIpc) is 2.48. The van der Waals surface area contributed by atoms with Crippen molar-refractivity contribution in [1.82, 2.24) is 4.90 Å². The molecule has 0 spiro atoms. The molecule has 0 fully saturated rings. The molecule has 5 heteroatoms. The second-order valence-corrected chi connectivity index (χ2v) is 7.60. The van der Waals surface area contributed by atoms with E-state index in [4.69, 9.17) is 5.73 Å². The van der Waals surface area contributed by atoms with Crippen molar-refractivity contribution in [2.24, 2.45) is 5.73 Å². The van der Waals surface area contributed by atoms with Crippen molar-refractivity contribution in [1.29, 1.82) is 0 Å². The maximum absolute atomic E-state index is 12.5. The lowest BCUT2D eigenvalue weighted by molar-refractivity contribution is 0.266. The van der Waals surface area contributed by atoms with Crippen LogP contribution in [0.3, 0.4) is 0 Å². The summed E-state index contributed by atoms with van der Waals surface area (Å²) in [6.07, 6.45) is 0. The quantitative estimate of drug-likeness (QED) is 0.920. The van der Waals surface area contributed by atoms with E-state index in [0.29, 0.717) is 9.79 Å². The van der Waals surface area contributed by atoms with Crippen molar-refractivity contribution >= 4 is 9.84 Å². The van der Waals surface area contributed by atoms with E-state index in [1.807, 2.05) is 38.1 Å². The van der Waals surface area contributed by atoms with Crippen LogP contribution < -0.4 is 5.73 Å². The lowest BCUT2D eigenvalue weighted by Crippen LogP contribution is -2.35. The standard InChI is InChI=1S/C17H22N2O2S/c1-13(18)17(19(2)3)14-9-11-16(12-10-14)22(20,21)15-7-5-4-6-8-15/h4-13,17H,18H2,1-3H3/t13-,17?/m0/s1. The fraction of sp³-hybridized carbons (Fsp3) is 0.294. The molecule has 0 saturated heterocycles. The predicted octanol–water partition coefficient (Wildman–Crippen LogP) is 2.47. The van der Waals surface area contributed by atoms with Gasteiger partial charge in [-0.1, -0.05) is 30.3 Å². The molecule has 2 N–H and O–H groups in total. The van der Waals surface area contributed by atoms with Gasteiger partial charge in [-0.15, -0.1) is 0 Å². The molecule has 0 aliphatic carbocycles. The zero-order valence-electron chi connectivity index (χ0n) is 13.1. The summed E-state index contributed by atoms with van der Waals surface area (Å²) in [5.74, 6) is 0. The van der Waals surface area contributed by atoms with Crippen LogP contribution in [0.1, 0.15) is 18.5 Å². The van der Waals surface area contributed by atoms with Gasteiger partial charge in [0.1, 0.15) is 0 Å². The molecule has 0 aliphatic heterocycles. The normalized spacial score (nSPS) is 14.8. The van der Waals surface area contributed by atoms with E-state index in [0.717, 1.165) is 5.56 Å². The van der Waals surface area contributed by atoms with E-state index in [9.17, 15) is 8.42 Å². The number of benzene rings is 2. The Morgan fingerprint density at radius 3 is 1.86 bits per heavy atom. The number of hydrogen-bond donors (Lipinski definition) is 1. The van der Waals surface area contributed by atoms with Gasteiger partial charge >= 0.3 is 0 Å². The van der Waals surface area contributed by atoms with Crippen molar-refractivity contribution in [3.63, 3.8) is 0 Å². The number of nitrogens with zero attached hydrogens (tertiary/aromatic N) is 1. The predicted molar refractivity (Wildman–Crippen MR) is 88.4 cm³/mol. The minimum Gasteiger partial charge on any atom is -0.326 e. The second-order valence-electron chi connectivity index (χ2n) is 5.65. The molecule has 0 amide bonds. The number of nitrogens with two attached hydrogens (primary N) is 1. The SMILES string of the molecule is C[C@H](N)C(c1ccc(S(=O)(=O)c2ccccc2)cc1)N(C)C. The monoisotopic (exact) mass is 318 g/mol. The molecule has 2 aromatic carbocycles. The van der Waals surface area contributed by atoms with Gasteiger partial charge in [0.15, 0.2) is 0 Å². The number of hydrogen-bond acceptors (Lipinski definition) is 4. The van der Waals surface area contributed by atoms with Crippen LogP contribution in [0.25, 0.3) is 0 Å². The zero-order chi connectivity index (χ0) is 16.3. The molecule has 1 unspecified atom stereocenters. The smallest absolute Gasteiger partial charge is 0.206 e. The highest BCUT2D eigenvalue weighted by atomic mass is 32.2. The van der Waals surface area contributed by atoms with E-state index in [1.165, 1.54) is 0 Å². The Kier molecular flexibility index (Phi) is 5.01. The van der Waals surface area contributed by atoms with Gasteiger partial charge in [0, 0.05) is 12.1 Å². The molecule has 4 nitrogen and oxygen atoms in total. The van der Waals surface area contributed by atoms with Crippen LogP contribution >= 0.6 is 0 Å². The molecule has 0 saturated carbocycles. The third-order valence-electron chi connectivity index (χ3n) is 3.64. The van der Waals surface area contributed by atoms with E-state index in [1.54, 1.807) is 42.5 Å². The summed E-state index contributed by atoms with van der Waals surface area (Å²) in [5, 5.41) is 0. The van der Waals surface area contributed by atoms with E-state index >= 15 is 0 Å². The Balaban J connectivity index is 2.37. The molecule has 2 rings (SSSR count). The van der Waals surface area contributed by atoms with E-state index in [-0.39, 0.29) is 12.1 Å². The molecule has 0 radical (unpaired) electrons. The fourth-order valence-electron chi connectivity index (χ4n) is 2.65. The van der Waals surface area contributed by atoms with Crippen molar-refractivity contribution < 1.29 is 8.42 Å². The van der Waals surface area contributed by atoms with Gasteiger partial charge in [-0.25, -0.2) is 8.42 Å². The first-order chi connectivity index (χ1) is 10.3. The minimum atomic E-state index is -3.47. The first kappa shape index (κ1) is 16.7. The highest BCUT2D eigenvalue weighted by molar-refractivity contribution is 7.91. The summed E-state index contributed by atoms with van der Waals surface area (Å²) in [7, 11) is 0.455. The molecule has 0 aromatic heterocycles. The summed E-state index contributed by atoms with van der Waals surface area (Å²) in [6, 6.07) is 15.4. The molecule has 118 valence electrons. The Morgan fingerprint density at radius 2 is 1.41 bits per heavy atom. The summed E-state index contributed by atoms with van der Waals surface area (Å²) in [4.78, 5) is 2.63. The highest BCUT2D eigenvalue weighted by Crippen LogP contribution is 2.25. The van der Waals surface area contributed by atoms with Gasteiger partial charge in [-0.3, -0.25) is 0 Å². The van der Waals surface area contributed by atoms with Crippen molar-refractivity contribution in [2.45, 2.75) is 28.8 Å². The lowest BCUT2D eigenvalue weighted by atomic mass is 10.0. The van der Waals surface area contributed by atoms with Crippen LogP contribution in [-0.4, -0.2) is 33.5 Å².